The van der Waals surface area contributed by atoms with Crippen molar-refractivity contribution in [3.8, 4) is 0 Å². The third-order valence-electron chi connectivity index (χ3n) is 6.39. The molecule has 4 rings (SSSR count). The Morgan fingerprint density at radius 3 is 2.81 bits per heavy atom. The van der Waals surface area contributed by atoms with Gasteiger partial charge in [0.1, 0.15) is 5.82 Å². The molecular weight excluding hydrogens is 362 g/mol. The van der Waals surface area contributed by atoms with Crippen molar-refractivity contribution in [3.05, 3.63) is 52.6 Å². The molecule has 1 saturated heterocycles. The van der Waals surface area contributed by atoms with Crippen LogP contribution in [0.1, 0.15) is 42.8 Å². The Labute approximate surface area is 165 Å². The van der Waals surface area contributed by atoms with Crippen LogP contribution in [0, 0.1) is 11.3 Å². The van der Waals surface area contributed by atoms with Crippen LogP contribution in [0.3, 0.4) is 0 Å². The molecule has 0 unspecified atom stereocenters. The summed E-state index contributed by atoms with van der Waals surface area (Å²) >= 11 is 6.33. The van der Waals surface area contributed by atoms with Crippen molar-refractivity contribution in [2.75, 3.05) is 19.7 Å². The molecule has 1 aromatic heterocycles. The number of aromatic nitrogens is 2. The molecule has 2 fully saturated rings. The number of nitrogens with one attached hydrogen (secondary N) is 1. The van der Waals surface area contributed by atoms with E-state index in [0.29, 0.717) is 18.2 Å². The highest BCUT2D eigenvalue weighted by atomic mass is 35.5. The fourth-order valence-corrected chi connectivity index (χ4v) is 5.22. The molecule has 0 bridgehead atoms. The van der Waals surface area contributed by atoms with Crippen molar-refractivity contribution in [2.24, 2.45) is 11.3 Å². The molecule has 3 N–H and O–H groups in total. The first-order valence-electron chi connectivity index (χ1n) is 9.89. The number of aliphatic hydroxyl groups is 2. The van der Waals surface area contributed by atoms with Crippen LogP contribution in [0.25, 0.3) is 0 Å². The number of aliphatic hydroxyl groups excluding tert-OH is 2. The van der Waals surface area contributed by atoms with Crippen molar-refractivity contribution in [1.82, 2.24) is 14.9 Å². The van der Waals surface area contributed by atoms with Crippen LogP contribution >= 0.6 is 11.6 Å². The molecule has 1 aromatic carbocycles. The van der Waals surface area contributed by atoms with Gasteiger partial charge >= 0.3 is 0 Å². The van der Waals surface area contributed by atoms with Crippen molar-refractivity contribution in [2.45, 2.75) is 44.8 Å². The number of benzene rings is 1. The molecule has 0 amide bonds. The Morgan fingerprint density at radius 2 is 2.11 bits per heavy atom. The maximum Gasteiger partial charge on any atom is 0.151 e. The van der Waals surface area contributed by atoms with E-state index in [2.05, 4.69) is 33.9 Å². The number of aryl methyl sites for hydroxylation is 1. The van der Waals surface area contributed by atoms with E-state index >= 15 is 0 Å². The fraction of sp³-hybridized carbons (Fsp3) is 0.571. The standard InChI is InChI=1S/C21H28ClN3O2/c1-2-3-9-18-23-16(20(22)24-18)10-25-11-17(27)21(13-25)15(12-26)19(21)14-7-5-4-6-8-14/h4-8,15,17,19,26-27H,2-3,9-13H2,1H3,(H,23,24)/t15-,17+,19-,21-/m1/s1. The maximum atomic E-state index is 10.9. The normalized spacial score (nSPS) is 30.3. The lowest BCUT2D eigenvalue weighted by Crippen LogP contribution is -2.23. The second kappa shape index (κ2) is 7.55. The van der Waals surface area contributed by atoms with Crippen molar-refractivity contribution in [3.63, 3.8) is 0 Å². The summed E-state index contributed by atoms with van der Waals surface area (Å²) in [6.07, 6.45) is 2.68. The molecule has 6 heteroatoms. The molecule has 4 atom stereocenters. The molecule has 2 aliphatic rings. The SMILES string of the molecule is CCCCc1nc(Cl)c(CN2C[C@H](O)[C@@]3(C2)[C@H](CO)[C@H]3c2ccccc2)[nH]1. The number of likely N-dealkylation sites (tertiary alicyclic amines) is 1. The van der Waals surface area contributed by atoms with Crippen LogP contribution in [-0.2, 0) is 13.0 Å². The highest BCUT2D eigenvalue weighted by Gasteiger charge is 2.70. The Kier molecular flexibility index (Phi) is 5.30. The molecule has 1 saturated carbocycles. The first-order valence-corrected chi connectivity index (χ1v) is 10.3. The van der Waals surface area contributed by atoms with Crippen molar-refractivity contribution < 1.29 is 10.2 Å². The lowest BCUT2D eigenvalue weighted by molar-refractivity contribution is 0.111. The summed E-state index contributed by atoms with van der Waals surface area (Å²) in [7, 11) is 0. The van der Waals surface area contributed by atoms with Gasteiger partial charge in [-0.25, -0.2) is 4.98 Å². The van der Waals surface area contributed by atoms with E-state index in [1.54, 1.807) is 0 Å². The van der Waals surface area contributed by atoms with Gasteiger partial charge in [-0.1, -0.05) is 55.3 Å². The van der Waals surface area contributed by atoms with Gasteiger partial charge in [0.05, 0.1) is 11.8 Å². The topological polar surface area (TPSA) is 72.4 Å². The monoisotopic (exact) mass is 389 g/mol. The molecule has 0 radical (unpaired) electrons. The average molecular weight is 390 g/mol. The number of H-pyrrole nitrogens is 1. The maximum absolute atomic E-state index is 10.9. The van der Waals surface area contributed by atoms with E-state index in [0.717, 1.165) is 37.3 Å². The van der Waals surface area contributed by atoms with Crippen LogP contribution in [0.15, 0.2) is 30.3 Å². The molecule has 1 aliphatic heterocycles. The Balaban J connectivity index is 1.48. The third-order valence-corrected chi connectivity index (χ3v) is 6.71. The van der Waals surface area contributed by atoms with Gasteiger partial charge in [-0.05, 0) is 23.8 Å². The van der Waals surface area contributed by atoms with E-state index in [4.69, 9.17) is 11.6 Å². The molecular formula is C21H28ClN3O2. The van der Waals surface area contributed by atoms with Crippen LogP contribution in [0.4, 0.5) is 0 Å². The Hall–Kier alpha value is -1.40. The fourth-order valence-electron chi connectivity index (χ4n) is 5.01. The predicted octanol–water partition coefficient (Wildman–Crippen LogP) is 2.97. The quantitative estimate of drug-likeness (QED) is 0.680. The van der Waals surface area contributed by atoms with E-state index in [-0.39, 0.29) is 23.9 Å². The van der Waals surface area contributed by atoms with E-state index < -0.39 is 6.10 Å². The van der Waals surface area contributed by atoms with Gasteiger partial charge in [0.15, 0.2) is 5.15 Å². The zero-order valence-electron chi connectivity index (χ0n) is 15.7. The lowest BCUT2D eigenvalue weighted by atomic mass is 9.95. The summed E-state index contributed by atoms with van der Waals surface area (Å²) in [5, 5.41) is 21.3. The van der Waals surface area contributed by atoms with E-state index in [1.807, 2.05) is 18.2 Å². The number of nitrogens with zero attached hydrogens (tertiary/aromatic N) is 2. The molecule has 1 aliphatic carbocycles. The minimum Gasteiger partial charge on any atom is -0.396 e. The zero-order chi connectivity index (χ0) is 19.0. The van der Waals surface area contributed by atoms with Crippen molar-refractivity contribution in [1.29, 1.82) is 0 Å². The molecule has 27 heavy (non-hydrogen) atoms. The van der Waals surface area contributed by atoms with Gasteiger partial charge in [-0.2, -0.15) is 0 Å². The highest BCUT2D eigenvalue weighted by molar-refractivity contribution is 6.30. The third kappa shape index (κ3) is 3.31. The van der Waals surface area contributed by atoms with Gasteiger partial charge in [0, 0.05) is 38.1 Å². The highest BCUT2D eigenvalue weighted by Crippen LogP contribution is 2.68. The average Bonchev–Trinajstić information content (AvgIpc) is 3.03. The van der Waals surface area contributed by atoms with Crippen molar-refractivity contribution >= 4 is 11.6 Å². The molecule has 146 valence electrons. The summed E-state index contributed by atoms with van der Waals surface area (Å²) in [5.74, 6) is 1.26. The molecule has 5 nitrogen and oxygen atoms in total. The largest absolute Gasteiger partial charge is 0.396 e. The molecule has 2 aromatic rings. The summed E-state index contributed by atoms with van der Waals surface area (Å²) in [5.41, 5.74) is 1.87. The number of β-amino-alcohol motifs (C(OH)–C–C–N with tert-alkyl or cyclic N) is 1. The number of unbranched alkanes of at least 4 members (excludes halogenated alkanes) is 1. The predicted molar refractivity (Wildman–Crippen MR) is 106 cm³/mol. The number of hydrogen-bond acceptors (Lipinski definition) is 4. The first kappa shape index (κ1) is 18.9. The smallest absolute Gasteiger partial charge is 0.151 e. The number of rotatable bonds is 7. The Bertz CT molecular complexity index is 781. The second-order valence-corrected chi connectivity index (χ2v) is 8.39. The zero-order valence-corrected chi connectivity index (χ0v) is 16.5. The summed E-state index contributed by atoms with van der Waals surface area (Å²) in [6, 6.07) is 10.3. The molecule has 2 heterocycles. The van der Waals surface area contributed by atoms with Gasteiger partial charge in [0.2, 0.25) is 0 Å². The van der Waals surface area contributed by atoms with Crippen LogP contribution < -0.4 is 0 Å². The van der Waals surface area contributed by atoms with Crippen LogP contribution in [-0.4, -0.2) is 50.9 Å². The number of imidazole rings is 1. The van der Waals surface area contributed by atoms with E-state index in [1.165, 1.54) is 5.56 Å². The molecule has 1 spiro atoms. The van der Waals surface area contributed by atoms with Crippen LogP contribution in [0.2, 0.25) is 5.15 Å². The second-order valence-electron chi connectivity index (χ2n) is 8.03. The van der Waals surface area contributed by atoms with Crippen LogP contribution in [0.5, 0.6) is 0 Å². The Morgan fingerprint density at radius 1 is 1.33 bits per heavy atom. The van der Waals surface area contributed by atoms with Gasteiger partial charge < -0.3 is 15.2 Å². The summed E-state index contributed by atoms with van der Waals surface area (Å²) in [6.45, 7) is 4.28. The minimum absolute atomic E-state index is 0.108. The summed E-state index contributed by atoms with van der Waals surface area (Å²) in [4.78, 5) is 10.0. The van der Waals surface area contributed by atoms with Gasteiger partial charge in [-0.3, -0.25) is 4.90 Å². The number of halogens is 1. The first-order chi connectivity index (χ1) is 13.1. The summed E-state index contributed by atoms with van der Waals surface area (Å²) < 4.78 is 0. The van der Waals surface area contributed by atoms with Gasteiger partial charge in [-0.15, -0.1) is 0 Å². The minimum atomic E-state index is -0.443. The van der Waals surface area contributed by atoms with Gasteiger partial charge in [0.25, 0.3) is 0 Å². The number of hydrogen-bond donors (Lipinski definition) is 3. The number of aromatic amines is 1. The van der Waals surface area contributed by atoms with E-state index in [9.17, 15) is 10.2 Å². The lowest BCUT2D eigenvalue weighted by Gasteiger charge is -2.16.